The molecule has 10 nitrogen and oxygen atoms in total. The van der Waals surface area contributed by atoms with Gasteiger partial charge in [-0.05, 0) is 47.5 Å². The highest BCUT2D eigenvalue weighted by Crippen LogP contribution is 2.25. The predicted molar refractivity (Wildman–Crippen MR) is 177 cm³/mol. The average Bonchev–Trinajstić information content (AvgIpc) is 3.10. The third kappa shape index (κ3) is 9.51. The van der Waals surface area contributed by atoms with Gasteiger partial charge in [-0.25, -0.2) is 9.59 Å². The fraction of sp³-hybridized carbons (Fsp3) is 0.108. The lowest BCUT2D eigenvalue weighted by Crippen LogP contribution is -2.19. The van der Waals surface area contributed by atoms with Crippen LogP contribution in [-0.4, -0.2) is 37.0 Å². The van der Waals surface area contributed by atoms with E-state index in [0.717, 1.165) is 6.08 Å². The number of esters is 2. The minimum absolute atomic E-state index is 0.169. The first kappa shape index (κ1) is 33.9. The number of carbonyl (C=O) groups is 3. The first-order chi connectivity index (χ1) is 22.7. The number of aliphatic hydroxyl groups excluding tert-OH is 1. The maximum atomic E-state index is 12.7. The Hall–Kier alpha value is -5.97. The summed E-state index contributed by atoms with van der Waals surface area (Å²) in [6, 6.07) is 27.3. The van der Waals surface area contributed by atoms with Crippen LogP contribution in [0.25, 0.3) is 12.2 Å². The van der Waals surface area contributed by atoms with Crippen molar-refractivity contribution in [3.05, 3.63) is 154 Å². The third-order valence-electron chi connectivity index (χ3n) is 6.79. The van der Waals surface area contributed by atoms with E-state index < -0.39 is 30.2 Å². The van der Waals surface area contributed by atoms with Gasteiger partial charge in [-0.15, -0.1) is 0 Å². The molecule has 0 saturated heterocycles. The second-order valence-electron chi connectivity index (χ2n) is 10.0. The van der Waals surface area contributed by atoms with E-state index in [4.69, 9.17) is 30.4 Å². The van der Waals surface area contributed by atoms with Crippen LogP contribution in [0.2, 0.25) is 0 Å². The second-order valence-corrected chi connectivity index (χ2v) is 10.0. The van der Waals surface area contributed by atoms with Gasteiger partial charge in [0.2, 0.25) is 0 Å². The van der Waals surface area contributed by atoms with E-state index in [1.807, 2.05) is 12.1 Å². The van der Waals surface area contributed by atoms with Gasteiger partial charge < -0.3 is 24.1 Å². The number of ketones is 1. The lowest BCUT2D eigenvalue weighted by Gasteiger charge is -2.15. The van der Waals surface area contributed by atoms with E-state index in [0.29, 0.717) is 22.3 Å². The molecular formula is C37H34N2O8. The predicted octanol–water partition coefficient (Wildman–Crippen LogP) is 6.07. The molecule has 4 aromatic rings. The highest BCUT2D eigenvalue weighted by Gasteiger charge is 2.19. The smallest absolute Gasteiger partial charge is 0.343 e. The quantitative estimate of drug-likeness (QED) is 0.0518. The van der Waals surface area contributed by atoms with Gasteiger partial charge in [0.25, 0.3) is 0 Å². The molecule has 240 valence electrons. The number of ether oxygens (including phenoxy) is 4. The molecule has 4 aromatic carbocycles. The van der Waals surface area contributed by atoms with Crippen molar-refractivity contribution in [1.82, 2.24) is 0 Å². The molecule has 0 saturated carbocycles. The molecule has 0 aliphatic heterocycles. The Balaban J connectivity index is 1.37. The fourth-order valence-corrected chi connectivity index (χ4v) is 4.34. The van der Waals surface area contributed by atoms with Crippen LogP contribution in [0.15, 0.2) is 121 Å². The summed E-state index contributed by atoms with van der Waals surface area (Å²) in [4.78, 5) is 37.9. The molecule has 0 radical (unpaired) electrons. The lowest BCUT2D eigenvalue weighted by molar-refractivity contribution is -0.110. The highest BCUT2D eigenvalue weighted by atomic mass is 16.6. The molecule has 47 heavy (non-hydrogen) atoms. The van der Waals surface area contributed by atoms with Gasteiger partial charge in [-0.1, -0.05) is 84.9 Å². The molecule has 2 unspecified atom stereocenters. The molecule has 2 atom stereocenters. The van der Waals surface area contributed by atoms with Crippen molar-refractivity contribution in [3.63, 3.8) is 0 Å². The zero-order chi connectivity index (χ0) is 33.8. The zero-order valence-electron chi connectivity index (χ0n) is 25.7. The summed E-state index contributed by atoms with van der Waals surface area (Å²) >= 11 is 0. The Morgan fingerprint density at radius 1 is 0.638 bits per heavy atom. The molecule has 0 fully saturated rings. The second kappa shape index (κ2) is 16.4. The molecular weight excluding hydrogens is 600 g/mol. The van der Waals surface area contributed by atoms with E-state index >= 15 is 0 Å². The van der Waals surface area contributed by atoms with E-state index in [2.05, 4.69) is 0 Å². The van der Waals surface area contributed by atoms with Crippen molar-refractivity contribution in [2.45, 2.75) is 12.5 Å². The molecule has 5 N–H and O–H groups in total. The Morgan fingerprint density at radius 2 is 1.06 bits per heavy atom. The van der Waals surface area contributed by atoms with Gasteiger partial charge in [-0.3, -0.25) is 16.3 Å². The van der Waals surface area contributed by atoms with Gasteiger partial charge in [0.1, 0.15) is 28.4 Å². The first-order valence-corrected chi connectivity index (χ1v) is 14.4. The van der Waals surface area contributed by atoms with Crippen molar-refractivity contribution in [1.29, 1.82) is 0 Å². The van der Waals surface area contributed by atoms with Crippen LogP contribution in [0, 0.1) is 0 Å². The van der Waals surface area contributed by atoms with E-state index in [9.17, 15) is 19.5 Å². The summed E-state index contributed by atoms with van der Waals surface area (Å²) in [5, 5.41) is 10.3. The number of hydrogen-bond donors (Lipinski definition) is 3. The van der Waals surface area contributed by atoms with Crippen molar-refractivity contribution in [3.8, 4) is 11.5 Å². The summed E-state index contributed by atoms with van der Waals surface area (Å²) in [6.45, 7) is 0. The SMILES string of the molecule is COc1cc(/C=C/C(=O)/C=C(O)/C=C/c2ccc(C(=O)OC(N)c3ccccc3)c(OC)c2)ccc1C(=O)OC(N)c1ccccc1. The zero-order valence-corrected chi connectivity index (χ0v) is 25.7. The lowest BCUT2D eigenvalue weighted by atomic mass is 10.1. The van der Waals surface area contributed by atoms with E-state index in [-0.39, 0.29) is 28.4 Å². The standard InChI is InChI=1S/C37H34N2O8/c1-44-32-21-24(15-19-30(32)36(42)46-34(38)26-9-5-3-6-10-26)13-17-28(40)23-29(41)18-14-25-16-20-31(33(22-25)45-2)37(43)47-35(39)27-11-7-4-8-12-27/h3-23,34-35,40H,38-39H2,1-2H3/b17-13+,18-14+,28-23-. The minimum Gasteiger partial charge on any atom is -0.508 e. The van der Waals surface area contributed by atoms with Crippen LogP contribution in [-0.2, 0) is 14.3 Å². The van der Waals surface area contributed by atoms with Gasteiger partial charge in [0, 0.05) is 17.2 Å². The van der Waals surface area contributed by atoms with Crippen LogP contribution >= 0.6 is 0 Å². The topological polar surface area (TPSA) is 160 Å². The number of allylic oxidation sites excluding steroid dienone is 3. The summed E-state index contributed by atoms with van der Waals surface area (Å²) < 4.78 is 21.5. The molecule has 0 spiro atoms. The maximum Gasteiger partial charge on any atom is 0.343 e. The summed E-state index contributed by atoms with van der Waals surface area (Å²) in [5.41, 5.74) is 14.8. The van der Waals surface area contributed by atoms with Crippen molar-refractivity contribution < 1.29 is 38.4 Å². The summed E-state index contributed by atoms with van der Waals surface area (Å²) in [5.74, 6) is -1.64. The maximum absolute atomic E-state index is 12.7. The number of nitrogens with two attached hydrogens (primary N) is 2. The number of methoxy groups -OCH3 is 2. The Morgan fingerprint density at radius 3 is 1.49 bits per heavy atom. The molecule has 4 rings (SSSR count). The molecule has 0 amide bonds. The largest absolute Gasteiger partial charge is 0.508 e. The Bertz CT molecular complexity index is 1800. The molecule has 10 heteroatoms. The molecule has 0 heterocycles. The molecule has 0 bridgehead atoms. The van der Waals surface area contributed by atoms with Crippen LogP contribution in [0.5, 0.6) is 11.5 Å². The number of carbonyl (C=O) groups excluding carboxylic acids is 3. The average molecular weight is 635 g/mol. The van der Waals surface area contributed by atoms with Crippen LogP contribution in [0.1, 0.15) is 55.4 Å². The fourth-order valence-electron chi connectivity index (χ4n) is 4.34. The molecule has 0 aliphatic carbocycles. The number of benzene rings is 4. The van der Waals surface area contributed by atoms with E-state index in [1.54, 1.807) is 78.9 Å². The number of aliphatic hydroxyl groups is 1. The van der Waals surface area contributed by atoms with Crippen molar-refractivity contribution in [2.75, 3.05) is 14.2 Å². The van der Waals surface area contributed by atoms with Crippen LogP contribution < -0.4 is 20.9 Å². The summed E-state index contributed by atoms with van der Waals surface area (Å²) in [7, 11) is 2.82. The minimum atomic E-state index is -0.950. The monoisotopic (exact) mass is 634 g/mol. The first-order valence-electron chi connectivity index (χ1n) is 14.4. The Labute approximate surface area is 272 Å². The normalized spacial score (nSPS) is 12.8. The number of hydrogen-bond acceptors (Lipinski definition) is 10. The van der Waals surface area contributed by atoms with E-state index in [1.165, 1.54) is 44.6 Å². The Kier molecular flexibility index (Phi) is 11.8. The van der Waals surface area contributed by atoms with Gasteiger partial charge >= 0.3 is 11.9 Å². The van der Waals surface area contributed by atoms with Gasteiger partial charge in [0.15, 0.2) is 18.2 Å². The molecule has 0 aliphatic rings. The number of rotatable bonds is 13. The summed E-state index contributed by atoms with van der Waals surface area (Å²) in [6.07, 6.45) is 4.77. The van der Waals surface area contributed by atoms with Crippen LogP contribution in [0.4, 0.5) is 0 Å². The third-order valence-corrected chi connectivity index (χ3v) is 6.79. The van der Waals surface area contributed by atoms with Gasteiger partial charge in [-0.2, -0.15) is 0 Å². The highest BCUT2D eigenvalue weighted by molar-refractivity contribution is 6.02. The van der Waals surface area contributed by atoms with Crippen molar-refractivity contribution >= 4 is 29.9 Å². The molecule has 0 aromatic heterocycles. The van der Waals surface area contributed by atoms with Gasteiger partial charge in [0.05, 0.1) is 14.2 Å². The van der Waals surface area contributed by atoms with Crippen molar-refractivity contribution in [2.24, 2.45) is 11.5 Å². The van der Waals surface area contributed by atoms with Crippen LogP contribution in [0.3, 0.4) is 0 Å².